The predicted molar refractivity (Wildman–Crippen MR) is 67.1 cm³/mol. The van der Waals surface area contributed by atoms with E-state index in [-0.39, 0.29) is 11.7 Å². The molecule has 102 valence electrons. The number of hydrogen-bond acceptors (Lipinski definition) is 4. The first-order chi connectivity index (χ1) is 9.22. The second-order valence-electron chi connectivity index (χ2n) is 6.57. The number of nitrogens with zero attached hydrogens (tertiary/aromatic N) is 4. The second-order valence-corrected chi connectivity index (χ2v) is 6.57. The zero-order valence-corrected chi connectivity index (χ0v) is 11.1. The van der Waals surface area contributed by atoms with Gasteiger partial charge in [0.2, 0.25) is 0 Å². The average Bonchev–Trinajstić information content (AvgIpc) is 2.90. The summed E-state index contributed by atoms with van der Waals surface area (Å²) in [5.41, 5.74) is 0. The lowest BCUT2D eigenvalue weighted by atomic mass is 9.54. The summed E-state index contributed by atoms with van der Waals surface area (Å²) in [5.74, 6) is 3.33. The number of carbonyl (C=O) groups excluding carboxylic acids is 1. The van der Waals surface area contributed by atoms with E-state index in [1.165, 1.54) is 32.1 Å². The van der Waals surface area contributed by atoms with Crippen molar-refractivity contribution >= 4 is 5.91 Å². The van der Waals surface area contributed by atoms with Gasteiger partial charge in [0.1, 0.15) is 0 Å². The quantitative estimate of drug-likeness (QED) is 0.865. The van der Waals surface area contributed by atoms with Crippen molar-refractivity contribution in [1.29, 1.82) is 0 Å². The Kier molecular flexibility index (Phi) is 2.40. The Labute approximate surface area is 111 Å². The van der Waals surface area contributed by atoms with Crippen LogP contribution in [0.15, 0.2) is 0 Å². The van der Waals surface area contributed by atoms with Crippen LogP contribution in [0.3, 0.4) is 0 Å². The van der Waals surface area contributed by atoms with Crippen LogP contribution >= 0.6 is 0 Å². The van der Waals surface area contributed by atoms with Gasteiger partial charge in [-0.2, -0.15) is 5.21 Å². The van der Waals surface area contributed by atoms with Gasteiger partial charge in [-0.05, 0) is 61.0 Å². The molecule has 4 aliphatic carbocycles. The Hall–Kier alpha value is -1.46. The Morgan fingerprint density at radius 3 is 2.32 bits per heavy atom. The number of carbonyl (C=O) groups is 1. The molecule has 4 saturated carbocycles. The first-order valence-corrected chi connectivity index (χ1v) is 7.23. The fourth-order valence-electron chi connectivity index (χ4n) is 5.07. The monoisotopic (exact) mass is 261 g/mol. The Morgan fingerprint density at radius 2 is 1.79 bits per heavy atom. The third-order valence-corrected chi connectivity index (χ3v) is 5.48. The molecule has 19 heavy (non-hydrogen) atoms. The summed E-state index contributed by atoms with van der Waals surface area (Å²) in [6.45, 7) is 0. The molecule has 6 nitrogen and oxygen atoms in total. The summed E-state index contributed by atoms with van der Waals surface area (Å²) in [5, 5.41) is 13.5. The molecule has 0 unspecified atom stereocenters. The number of nitrogens with one attached hydrogen (secondary N) is 1. The van der Waals surface area contributed by atoms with E-state index in [1.54, 1.807) is 0 Å². The van der Waals surface area contributed by atoms with Gasteiger partial charge in [0, 0.05) is 13.1 Å². The molecule has 1 heterocycles. The van der Waals surface area contributed by atoms with Crippen molar-refractivity contribution in [3.05, 3.63) is 5.82 Å². The number of H-pyrrole nitrogens is 1. The SMILES string of the molecule is CN(C(=O)c1nn[nH]n1)C1C2CC3CC(C2)CC1C3. The molecule has 5 rings (SSSR count). The highest BCUT2D eigenvalue weighted by atomic mass is 16.2. The van der Waals surface area contributed by atoms with Crippen LogP contribution < -0.4 is 0 Å². The highest BCUT2D eigenvalue weighted by Gasteiger charge is 2.50. The summed E-state index contributed by atoms with van der Waals surface area (Å²) in [6, 6.07) is 0.388. The van der Waals surface area contributed by atoms with Gasteiger partial charge in [-0.25, -0.2) is 0 Å². The van der Waals surface area contributed by atoms with Gasteiger partial charge in [0.25, 0.3) is 11.7 Å². The zero-order chi connectivity index (χ0) is 13.0. The maximum absolute atomic E-state index is 12.4. The van der Waals surface area contributed by atoms with Gasteiger partial charge < -0.3 is 4.90 Å². The lowest BCUT2D eigenvalue weighted by Crippen LogP contribution is -2.56. The van der Waals surface area contributed by atoms with Crippen molar-refractivity contribution in [3.63, 3.8) is 0 Å². The standard InChI is InChI=1S/C13H19N5O/c1-18(13(19)12-14-16-17-15-12)11-9-3-7-2-8(5-9)6-10(11)4-7/h7-11H,2-6H2,1H3,(H,14,15,16,17). The minimum absolute atomic E-state index is 0.0915. The van der Waals surface area contributed by atoms with Gasteiger partial charge in [-0.1, -0.05) is 0 Å². The van der Waals surface area contributed by atoms with Crippen molar-refractivity contribution in [3.8, 4) is 0 Å². The van der Waals surface area contributed by atoms with Crippen molar-refractivity contribution < 1.29 is 4.79 Å². The van der Waals surface area contributed by atoms with Crippen LogP contribution in [0, 0.1) is 23.7 Å². The molecule has 0 saturated heterocycles. The molecule has 6 heteroatoms. The maximum atomic E-state index is 12.4. The molecule has 4 aliphatic rings. The van der Waals surface area contributed by atoms with E-state index in [9.17, 15) is 4.79 Å². The Bertz CT molecular complexity index is 457. The largest absolute Gasteiger partial charge is 0.335 e. The molecule has 1 aromatic rings. The third kappa shape index (κ3) is 1.69. The maximum Gasteiger partial charge on any atom is 0.295 e. The summed E-state index contributed by atoms with van der Waals surface area (Å²) >= 11 is 0. The number of tetrazole rings is 1. The topological polar surface area (TPSA) is 74.8 Å². The first-order valence-electron chi connectivity index (χ1n) is 7.23. The van der Waals surface area contributed by atoms with Crippen LogP contribution in [-0.2, 0) is 0 Å². The summed E-state index contributed by atoms with van der Waals surface area (Å²) in [7, 11) is 1.91. The van der Waals surface area contributed by atoms with Gasteiger partial charge in [-0.15, -0.1) is 10.2 Å². The fraction of sp³-hybridized carbons (Fsp3) is 0.846. The predicted octanol–water partition coefficient (Wildman–Crippen LogP) is 1.10. The van der Waals surface area contributed by atoms with Crippen LogP contribution in [-0.4, -0.2) is 44.5 Å². The average molecular weight is 261 g/mol. The summed E-state index contributed by atoms with van der Waals surface area (Å²) in [6.07, 6.45) is 6.66. The molecular weight excluding hydrogens is 242 g/mol. The molecule has 0 atom stereocenters. The van der Waals surface area contributed by atoms with Crippen molar-refractivity contribution in [2.24, 2.45) is 23.7 Å². The number of rotatable bonds is 2. The molecule has 1 N–H and O–H groups in total. The molecule has 0 aromatic carbocycles. The van der Waals surface area contributed by atoms with E-state index < -0.39 is 0 Å². The van der Waals surface area contributed by atoms with E-state index >= 15 is 0 Å². The van der Waals surface area contributed by atoms with Gasteiger partial charge in [0.15, 0.2) is 0 Å². The first kappa shape index (κ1) is 11.4. The second kappa shape index (κ2) is 4.02. The third-order valence-electron chi connectivity index (χ3n) is 5.48. The number of aromatic nitrogens is 4. The van der Waals surface area contributed by atoms with Gasteiger partial charge >= 0.3 is 0 Å². The molecule has 0 radical (unpaired) electrons. The molecule has 1 amide bonds. The number of hydrogen-bond donors (Lipinski definition) is 1. The normalized spacial score (nSPS) is 39.5. The minimum Gasteiger partial charge on any atom is -0.335 e. The van der Waals surface area contributed by atoms with Gasteiger partial charge in [0.05, 0.1) is 0 Å². The summed E-state index contributed by atoms with van der Waals surface area (Å²) in [4.78, 5) is 14.3. The molecule has 0 spiro atoms. The van der Waals surface area contributed by atoms with E-state index in [0.29, 0.717) is 17.9 Å². The number of amides is 1. The molecule has 0 aliphatic heterocycles. The highest BCUT2D eigenvalue weighted by molar-refractivity contribution is 5.90. The number of aromatic amines is 1. The van der Waals surface area contributed by atoms with Crippen LogP contribution in [0.1, 0.15) is 42.7 Å². The summed E-state index contributed by atoms with van der Waals surface area (Å²) < 4.78 is 0. The Morgan fingerprint density at radius 1 is 1.16 bits per heavy atom. The fourth-order valence-corrected chi connectivity index (χ4v) is 5.07. The lowest BCUT2D eigenvalue weighted by Gasteiger charge is -2.56. The molecule has 1 aromatic heterocycles. The Balaban J connectivity index is 1.57. The highest BCUT2D eigenvalue weighted by Crippen LogP contribution is 2.54. The molecule has 4 fully saturated rings. The molecular formula is C13H19N5O. The minimum atomic E-state index is -0.0915. The van der Waals surface area contributed by atoms with Crippen molar-refractivity contribution in [1.82, 2.24) is 25.5 Å². The van der Waals surface area contributed by atoms with E-state index in [2.05, 4.69) is 20.6 Å². The van der Waals surface area contributed by atoms with Crippen LogP contribution in [0.4, 0.5) is 0 Å². The van der Waals surface area contributed by atoms with Crippen LogP contribution in [0.2, 0.25) is 0 Å². The lowest BCUT2D eigenvalue weighted by molar-refractivity contribution is -0.0493. The van der Waals surface area contributed by atoms with Crippen LogP contribution in [0.5, 0.6) is 0 Å². The van der Waals surface area contributed by atoms with Crippen molar-refractivity contribution in [2.45, 2.75) is 38.1 Å². The smallest absolute Gasteiger partial charge is 0.295 e. The van der Waals surface area contributed by atoms with E-state index in [0.717, 1.165) is 11.8 Å². The van der Waals surface area contributed by atoms with E-state index in [4.69, 9.17) is 0 Å². The zero-order valence-electron chi connectivity index (χ0n) is 11.1. The molecule has 4 bridgehead atoms. The van der Waals surface area contributed by atoms with Crippen LogP contribution in [0.25, 0.3) is 0 Å². The van der Waals surface area contributed by atoms with Crippen molar-refractivity contribution in [2.75, 3.05) is 7.05 Å². The van der Waals surface area contributed by atoms with Gasteiger partial charge in [-0.3, -0.25) is 4.79 Å². The van der Waals surface area contributed by atoms with E-state index in [1.807, 2.05) is 11.9 Å².